The van der Waals surface area contributed by atoms with Crippen molar-refractivity contribution in [2.24, 2.45) is 0 Å². The molecule has 1 aliphatic rings. The average molecular weight is 362 g/mol. The minimum Gasteiger partial charge on any atom is -0.497 e. The molecule has 1 aliphatic heterocycles. The number of benzene rings is 1. The molecule has 7 nitrogen and oxygen atoms in total. The summed E-state index contributed by atoms with van der Waals surface area (Å²) in [6.07, 6.45) is 2.32. The van der Waals surface area contributed by atoms with E-state index in [1.807, 2.05) is 42.2 Å². The molecule has 3 rings (SSSR count). The van der Waals surface area contributed by atoms with E-state index >= 15 is 0 Å². The van der Waals surface area contributed by atoms with Gasteiger partial charge in [0, 0.05) is 24.5 Å². The molecular formula is C17H22N4O3S. The zero-order valence-electron chi connectivity index (χ0n) is 14.3. The molecule has 2 heterocycles. The van der Waals surface area contributed by atoms with E-state index in [4.69, 9.17) is 4.74 Å². The predicted molar refractivity (Wildman–Crippen MR) is 98.4 cm³/mol. The topological polar surface area (TPSA) is 84.4 Å². The summed E-state index contributed by atoms with van der Waals surface area (Å²) in [4.78, 5) is 10.8. The van der Waals surface area contributed by atoms with Crippen LogP contribution in [0.2, 0.25) is 0 Å². The van der Waals surface area contributed by atoms with Crippen molar-refractivity contribution in [3.8, 4) is 5.75 Å². The summed E-state index contributed by atoms with van der Waals surface area (Å²) >= 11 is 0. The Kier molecular flexibility index (Phi) is 5.08. The van der Waals surface area contributed by atoms with Gasteiger partial charge in [0.05, 0.1) is 18.6 Å². The first-order valence-electron chi connectivity index (χ1n) is 8.22. The summed E-state index contributed by atoms with van der Waals surface area (Å²) in [5.41, 5.74) is 0.851. The predicted octanol–water partition coefficient (Wildman–Crippen LogP) is 2.24. The minimum absolute atomic E-state index is 0.0289. The molecule has 0 aliphatic carbocycles. The molecule has 134 valence electrons. The maximum atomic E-state index is 11.8. The number of nitrogens with zero attached hydrogens (tertiary/aromatic N) is 3. The van der Waals surface area contributed by atoms with Gasteiger partial charge in [-0.15, -0.1) is 0 Å². The van der Waals surface area contributed by atoms with E-state index in [9.17, 15) is 8.42 Å². The molecule has 25 heavy (non-hydrogen) atoms. The number of rotatable bonds is 6. The Morgan fingerprint density at radius 3 is 2.64 bits per heavy atom. The molecular weight excluding hydrogens is 340 g/mol. The lowest BCUT2D eigenvalue weighted by Crippen LogP contribution is -2.36. The first-order valence-corrected chi connectivity index (χ1v) is 10.0. The molecule has 1 N–H and O–H groups in total. The first-order chi connectivity index (χ1) is 12.0. The smallest absolute Gasteiger partial charge is 0.229 e. The van der Waals surface area contributed by atoms with Crippen LogP contribution in [0.3, 0.4) is 0 Å². The van der Waals surface area contributed by atoms with Crippen molar-refractivity contribution in [1.29, 1.82) is 0 Å². The van der Waals surface area contributed by atoms with E-state index in [1.54, 1.807) is 13.3 Å². The lowest BCUT2D eigenvalue weighted by Gasteiger charge is -2.28. The van der Waals surface area contributed by atoms with Gasteiger partial charge in [-0.05, 0) is 43.7 Å². The minimum atomic E-state index is -2.94. The first kappa shape index (κ1) is 17.5. The van der Waals surface area contributed by atoms with Crippen molar-refractivity contribution >= 4 is 27.3 Å². The summed E-state index contributed by atoms with van der Waals surface area (Å²) in [6, 6.07) is 9.26. The SMILES string of the molecule is CCN(c1ccnc(Nc2ccc(OC)cc2)n1)C1CCS(=O)(=O)C1. The van der Waals surface area contributed by atoms with E-state index in [0.29, 0.717) is 18.9 Å². The van der Waals surface area contributed by atoms with Crippen LogP contribution in [-0.2, 0) is 9.84 Å². The standard InChI is InChI=1S/C17H22N4O3S/c1-3-21(14-9-11-25(22,23)12-14)16-8-10-18-17(20-16)19-13-4-6-15(24-2)7-5-13/h4-8,10,14H,3,9,11-12H2,1-2H3,(H,18,19,20). The Hall–Kier alpha value is -2.35. The molecule has 1 fully saturated rings. The van der Waals surface area contributed by atoms with Gasteiger partial charge in [0.1, 0.15) is 11.6 Å². The number of hydrogen-bond donors (Lipinski definition) is 1. The molecule has 1 unspecified atom stereocenters. The Morgan fingerprint density at radius 2 is 2.04 bits per heavy atom. The highest BCUT2D eigenvalue weighted by molar-refractivity contribution is 7.91. The van der Waals surface area contributed by atoms with Gasteiger partial charge in [-0.3, -0.25) is 0 Å². The number of ether oxygens (including phenoxy) is 1. The van der Waals surface area contributed by atoms with Gasteiger partial charge in [0.25, 0.3) is 0 Å². The third-order valence-corrected chi connectivity index (χ3v) is 6.02. The summed E-state index contributed by atoms with van der Waals surface area (Å²) in [7, 11) is -1.31. The van der Waals surface area contributed by atoms with Crippen molar-refractivity contribution in [1.82, 2.24) is 9.97 Å². The summed E-state index contributed by atoms with van der Waals surface area (Å²) in [5, 5.41) is 3.16. The van der Waals surface area contributed by atoms with E-state index in [0.717, 1.165) is 17.3 Å². The largest absolute Gasteiger partial charge is 0.497 e. The van der Waals surface area contributed by atoms with Crippen LogP contribution in [0.1, 0.15) is 13.3 Å². The Labute approximate surface area is 148 Å². The molecule has 1 aromatic carbocycles. The third-order valence-electron chi connectivity index (χ3n) is 4.27. The van der Waals surface area contributed by atoms with Crippen LogP contribution in [0, 0.1) is 0 Å². The molecule has 0 radical (unpaired) electrons. The molecule has 0 amide bonds. The van der Waals surface area contributed by atoms with Crippen LogP contribution in [0.25, 0.3) is 0 Å². The van der Waals surface area contributed by atoms with Crippen LogP contribution < -0.4 is 15.0 Å². The number of anilines is 3. The van der Waals surface area contributed by atoms with Crippen molar-refractivity contribution < 1.29 is 13.2 Å². The van der Waals surface area contributed by atoms with Crippen molar-refractivity contribution in [3.63, 3.8) is 0 Å². The monoisotopic (exact) mass is 362 g/mol. The van der Waals surface area contributed by atoms with Gasteiger partial charge in [0.15, 0.2) is 9.84 Å². The third kappa shape index (κ3) is 4.19. The zero-order chi connectivity index (χ0) is 17.9. The summed E-state index contributed by atoms with van der Waals surface area (Å²) < 4.78 is 28.7. The van der Waals surface area contributed by atoms with E-state index in [-0.39, 0.29) is 17.5 Å². The lowest BCUT2D eigenvalue weighted by atomic mass is 10.2. The van der Waals surface area contributed by atoms with Gasteiger partial charge < -0.3 is 15.0 Å². The fourth-order valence-electron chi connectivity index (χ4n) is 3.00. The van der Waals surface area contributed by atoms with Gasteiger partial charge in [-0.25, -0.2) is 13.4 Å². The maximum Gasteiger partial charge on any atom is 0.229 e. The highest BCUT2D eigenvalue weighted by Gasteiger charge is 2.32. The second-order valence-electron chi connectivity index (χ2n) is 5.93. The van der Waals surface area contributed by atoms with Crippen molar-refractivity contribution in [3.05, 3.63) is 36.5 Å². The molecule has 1 aromatic heterocycles. The normalized spacial score (nSPS) is 18.7. The van der Waals surface area contributed by atoms with Gasteiger partial charge in [0.2, 0.25) is 5.95 Å². The molecule has 0 saturated carbocycles. The number of nitrogens with one attached hydrogen (secondary N) is 1. The summed E-state index contributed by atoms with van der Waals surface area (Å²) in [5.74, 6) is 2.42. The van der Waals surface area contributed by atoms with Crippen molar-refractivity contribution in [2.45, 2.75) is 19.4 Å². The second kappa shape index (κ2) is 7.26. The van der Waals surface area contributed by atoms with Gasteiger partial charge in [-0.1, -0.05) is 0 Å². The van der Waals surface area contributed by atoms with Gasteiger partial charge in [-0.2, -0.15) is 4.98 Å². The number of sulfone groups is 1. The highest BCUT2D eigenvalue weighted by Crippen LogP contribution is 2.24. The quantitative estimate of drug-likeness (QED) is 0.843. The van der Waals surface area contributed by atoms with Crippen LogP contribution in [-0.4, -0.2) is 49.6 Å². The molecule has 1 atom stereocenters. The van der Waals surface area contributed by atoms with Crippen LogP contribution in [0.5, 0.6) is 5.75 Å². The van der Waals surface area contributed by atoms with Crippen LogP contribution in [0.4, 0.5) is 17.5 Å². The zero-order valence-corrected chi connectivity index (χ0v) is 15.2. The molecule has 0 spiro atoms. The van der Waals surface area contributed by atoms with Crippen molar-refractivity contribution in [2.75, 3.05) is 35.4 Å². The van der Waals surface area contributed by atoms with Crippen LogP contribution in [0.15, 0.2) is 36.5 Å². The van der Waals surface area contributed by atoms with Gasteiger partial charge >= 0.3 is 0 Å². The maximum absolute atomic E-state index is 11.8. The average Bonchev–Trinajstić information content (AvgIpc) is 2.96. The second-order valence-corrected chi connectivity index (χ2v) is 8.16. The summed E-state index contributed by atoms with van der Waals surface area (Å²) in [6.45, 7) is 2.70. The Bertz CT molecular complexity index is 824. The number of aromatic nitrogens is 2. The van der Waals surface area contributed by atoms with E-state index in [1.165, 1.54) is 0 Å². The Morgan fingerprint density at radius 1 is 1.28 bits per heavy atom. The fourth-order valence-corrected chi connectivity index (χ4v) is 4.73. The number of hydrogen-bond acceptors (Lipinski definition) is 7. The van der Waals surface area contributed by atoms with E-state index in [2.05, 4.69) is 15.3 Å². The molecule has 1 saturated heterocycles. The molecule has 0 bridgehead atoms. The lowest BCUT2D eigenvalue weighted by molar-refractivity contribution is 0.415. The Balaban J connectivity index is 1.77. The fraction of sp³-hybridized carbons (Fsp3) is 0.412. The highest BCUT2D eigenvalue weighted by atomic mass is 32.2. The number of methoxy groups -OCH3 is 1. The van der Waals surface area contributed by atoms with E-state index < -0.39 is 9.84 Å². The molecule has 2 aromatic rings. The van der Waals surface area contributed by atoms with Crippen LogP contribution >= 0.6 is 0 Å². The molecule has 8 heteroatoms.